The summed E-state index contributed by atoms with van der Waals surface area (Å²) in [7, 11) is 0. The van der Waals surface area contributed by atoms with Crippen molar-refractivity contribution in [3.05, 3.63) is 34.8 Å². The lowest BCUT2D eigenvalue weighted by molar-refractivity contribution is -0.139. The summed E-state index contributed by atoms with van der Waals surface area (Å²) in [4.78, 5) is 36.6. The molecule has 0 radical (unpaired) electrons. The van der Waals surface area contributed by atoms with Crippen LogP contribution in [0.3, 0.4) is 0 Å². The predicted molar refractivity (Wildman–Crippen MR) is 99.5 cm³/mol. The first kappa shape index (κ1) is 21.3. The molecule has 6 nitrogen and oxygen atoms in total. The number of allylic oxidation sites excluding steroid dienone is 3. The number of carbonyl (C=O) groups is 3. The number of fused-ring (bicyclic) bond motifs is 1. The van der Waals surface area contributed by atoms with Crippen LogP contribution in [-0.2, 0) is 19.1 Å². The van der Waals surface area contributed by atoms with E-state index in [9.17, 15) is 24.6 Å². The van der Waals surface area contributed by atoms with E-state index in [1.54, 1.807) is 13.0 Å². The number of aliphatic hydroxyl groups excluding tert-OH is 1. The van der Waals surface area contributed by atoms with E-state index in [-0.39, 0.29) is 24.2 Å². The van der Waals surface area contributed by atoms with Crippen molar-refractivity contribution in [1.29, 1.82) is 0 Å². The van der Waals surface area contributed by atoms with Crippen molar-refractivity contribution in [2.75, 3.05) is 0 Å². The summed E-state index contributed by atoms with van der Waals surface area (Å²) in [5.41, 5.74) is -1.15. The minimum Gasteiger partial charge on any atom is -0.469 e. The molecule has 0 aromatic heterocycles. The Kier molecular flexibility index (Phi) is 6.89. The molecular weight excluding hydrogens is 348 g/mol. The van der Waals surface area contributed by atoms with Gasteiger partial charge in [-0.2, -0.15) is 0 Å². The van der Waals surface area contributed by atoms with Gasteiger partial charge in [0.15, 0.2) is 12.1 Å². The fourth-order valence-electron chi connectivity index (χ4n) is 3.63. The Morgan fingerprint density at radius 3 is 2.74 bits per heavy atom. The van der Waals surface area contributed by atoms with E-state index in [4.69, 9.17) is 4.74 Å². The molecule has 3 atom stereocenters. The summed E-state index contributed by atoms with van der Waals surface area (Å²) >= 11 is 0. The molecule has 0 fully saturated rings. The molecule has 0 saturated heterocycles. The van der Waals surface area contributed by atoms with Crippen molar-refractivity contribution in [3.8, 4) is 0 Å². The van der Waals surface area contributed by atoms with Gasteiger partial charge >= 0.3 is 0 Å². The van der Waals surface area contributed by atoms with Crippen molar-refractivity contribution >= 4 is 17.9 Å². The van der Waals surface area contributed by atoms with Crippen LogP contribution >= 0.6 is 0 Å². The van der Waals surface area contributed by atoms with E-state index in [1.165, 1.54) is 13.2 Å². The smallest absolute Gasteiger partial charge is 0.198 e. The Labute approximate surface area is 159 Å². The fraction of sp³-hybridized carbons (Fsp3) is 0.571. The van der Waals surface area contributed by atoms with Gasteiger partial charge in [-0.15, -0.1) is 0 Å². The van der Waals surface area contributed by atoms with Crippen molar-refractivity contribution in [1.82, 2.24) is 0 Å². The highest BCUT2D eigenvalue weighted by Crippen LogP contribution is 2.43. The lowest BCUT2D eigenvalue weighted by Crippen LogP contribution is -2.49. The van der Waals surface area contributed by atoms with Crippen LogP contribution in [0.2, 0.25) is 0 Å². The van der Waals surface area contributed by atoms with Crippen molar-refractivity contribution in [2.45, 2.75) is 71.0 Å². The molecule has 27 heavy (non-hydrogen) atoms. The minimum atomic E-state index is -1.89. The van der Waals surface area contributed by atoms with Crippen molar-refractivity contribution in [2.24, 2.45) is 5.92 Å². The third kappa shape index (κ3) is 4.62. The second-order valence-corrected chi connectivity index (χ2v) is 7.52. The maximum absolute atomic E-state index is 12.6. The summed E-state index contributed by atoms with van der Waals surface area (Å²) in [6, 6.07) is 0. The lowest BCUT2D eigenvalue weighted by atomic mass is 9.67. The van der Waals surface area contributed by atoms with Crippen molar-refractivity contribution < 1.29 is 29.3 Å². The number of ketones is 2. The van der Waals surface area contributed by atoms with Crippen molar-refractivity contribution in [3.63, 3.8) is 0 Å². The molecule has 0 saturated carbocycles. The molecule has 148 valence electrons. The molecule has 0 aromatic carbocycles. The highest BCUT2D eigenvalue weighted by atomic mass is 16.5. The van der Waals surface area contributed by atoms with Gasteiger partial charge in [0, 0.05) is 24.3 Å². The lowest BCUT2D eigenvalue weighted by Gasteiger charge is -2.39. The number of hydrogen-bond donors (Lipinski definition) is 2. The topological polar surface area (TPSA) is 101 Å². The molecule has 0 bridgehead atoms. The molecular formula is C21H28O6. The van der Waals surface area contributed by atoms with Crippen LogP contribution in [0.25, 0.3) is 0 Å². The van der Waals surface area contributed by atoms with Gasteiger partial charge in [0.25, 0.3) is 0 Å². The first-order chi connectivity index (χ1) is 12.7. The van der Waals surface area contributed by atoms with Crippen LogP contribution in [0.1, 0.15) is 59.3 Å². The maximum Gasteiger partial charge on any atom is 0.198 e. The molecule has 2 N–H and O–H groups in total. The van der Waals surface area contributed by atoms with Gasteiger partial charge in [-0.1, -0.05) is 26.2 Å². The van der Waals surface area contributed by atoms with Gasteiger partial charge in [-0.05, 0) is 31.9 Å². The summed E-state index contributed by atoms with van der Waals surface area (Å²) < 4.78 is 5.39. The van der Waals surface area contributed by atoms with Crippen LogP contribution < -0.4 is 0 Å². The number of ether oxygens (including phenoxy) is 1. The van der Waals surface area contributed by atoms with Gasteiger partial charge in [0.2, 0.25) is 0 Å². The van der Waals surface area contributed by atoms with E-state index >= 15 is 0 Å². The zero-order valence-corrected chi connectivity index (χ0v) is 16.2. The number of aliphatic hydroxyl groups is 2. The molecule has 1 heterocycles. The Bertz CT molecular complexity index is 710. The molecule has 6 heteroatoms. The normalized spacial score (nSPS) is 26.0. The average Bonchev–Trinajstić information content (AvgIpc) is 2.60. The number of hydrogen-bond acceptors (Lipinski definition) is 6. The first-order valence-electron chi connectivity index (χ1n) is 9.44. The second-order valence-electron chi connectivity index (χ2n) is 7.52. The van der Waals surface area contributed by atoms with Gasteiger partial charge in [0.1, 0.15) is 17.1 Å². The van der Waals surface area contributed by atoms with Gasteiger partial charge in [-0.3, -0.25) is 14.4 Å². The molecule has 2 aliphatic rings. The standard InChI is InChI=1S/C21H28O6/c1-4-5-6-7-14(23)9-15(24)10-19-18-12-27-13(2)8-16(18)17(11-22)20(25)21(19,3)26/h8,11-12,14,19,23,26H,4-7,9-10H2,1-3H3/t14-,19+,21-/m1/s1. The third-order valence-corrected chi connectivity index (χ3v) is 5.23. The molecule has 0 amide bonds. The van der Waals surface area contributed by atoms with Crippen LogP contribution in [0, 0.1) is 5.92 Å². The summed E-state index contributed by atoms with van der Waals surface area (Å²) in [6.45, 7) is 5.07. The van der Waals surface area contributed by atoms with E-state index < -0.39 is 23.4 Å². The minimum absolute atomic E-state index is 0.0208. The van der Waals surface area contributed by atoms with E-state index in [2.05, 4.69) is 6.92 Å². The van der Waals surface area contributed by atoms with E-state index in [1.807, 2.05) is 0 Å². The monoisotopic (exact) mass is 376 g/mol. The maximum atomic E-state index is 12.6. The Morgan fingerprint density at radius 2 is 2.11 bits per heavy atom. The number of rotatable bonds is 9. The summed E-state index contributed by atoms with van der Waals surface area (Å²) in [5, 5.41) is 20.8. The van der Waals surface area contributed by atoms with Gasteiger partial charge in [-0.25, -0.2) is 0 Å². The highest BCUT2D eigenvalue weighted by Gasteiger charge is 2.49. The summed E-state index contributed by atoms with van der Waals surface area (Å²) in [5.74, 6) is -1.25. The molecule has 0 spiro atoms. The predicted octanol–water partition coefficient (Wildman–Crippen LogP) is 2.54. The molecule has 1 aliphatic carbocycles. The molecule has 0 aromatic rings. The van der Waals surface area contributed by atoms with Gasteiger partial charge in [0.05, 0.1) is 17.9 Å². The zero-order chi connectivity index (χ0) is 20.2. The first-order valence-corrected chi connectivity index (χ1v) is 9.44. The quantitative estimate of drug-likeness (QED) is 0.364. The molecule has 0 unspecified atom stereocenters. The number of aldehydes is 1. The Balaban J connectivity index is 2.21. The highest BCUT2D eigenvalue weighted by molar-refractivity contribution is 6.18. The average molecular weight is 376 g/mol. The zero-order valence-electron chi connectivity index (χ0n) is 16.2. The van der Waals surface area contributed by atoms with Crippen LogP contribution in [0.4, 0.5) is 0 Å². The number of unbranched alkanes of at least 4 members (excludes halogenated alkanes) is 2. The Morgan fingerprint density at radius 1 is 1.41 bits per heavy atom. The molecule has 2 rings (SSSR count). The Hall–Kier alpha value is -2.05. The number of carbonyl (C=O) groups excluding carboxylic acids is 3. The summed E-state index contributed by atoms with van der Waals surface area (Å²) in [6.07, 6.45) is 5.97. The van der Waals surface area contributed by atoms with Crippen LogP contribution in [0.5, 0.6) is 0 Å². The number of Topliss-reactive ketones (excluding diaryl/α,β-unsaturated/α-hetero) is 2. The van der Waals surface area contributed by atoms with E-state index in [0.29, 0.717) is 29.6 Å². The van der Waals surface area contributed by atoms with Gasteiger partial charge < -0.3 is 14.9 Å². The molecule has 1 aliphatic heterocycles. The SMILES string of the molecule is CCCCC[C@@H](O)CC(=O)C[C@H]1C2=COC(C)=CC2=C(C=O)C(=O)[C@]1(C)O. The van der Waals surface area contributed by atoms with Crippen LogP contribution in [-0.4, -0.2) is 39.8 Å². The largest absolute Gasteiger partial charge is 0.469 e. The van der Waals surface area contributed by atoms with Crippen LogP contribution in [0.15, 0.2) is 34.8 Å². The fourth-order valence-corrected chi connectivity index (χ4v) is 3.63. The third-order valence-electron chi connectivity index (χ3n) is 5.23. The van der Waals surface area contributed by atoms with E-state index in [0.717, 1.165) is 19.3 Å². The second kappa shape index (κ2) is 8.76.